The molecule has 0 aliphatic carbocycles. The second-order valence-corrected chi connectivity index (χ2v) is 4.84. The maximum atomic E-state index is 13.2. The molecule has 0 amide bonds. The van der Waals surface area contributed by atoms with Gasteiger partial charge in [-0.1, -0.05) is 30.3 Å². The number of nitrogens with one attached hydrogen (secondary N) is 1. The van der Waals surface area contributed by atoms with Gasteiger partial charge in [0, 0.05) is 6.54 Å². The highest BCUT2D eigenvalue weighted by Gasteiger charge is 2.21. The van der Waals surface area contributed by atoms with Gasteiger partial charge in [0.2, 0.25) is 0 Å². The van der Waals surface area contributed by atoms with Crippen LogP contribution < -0.4 is 5.32 Å². The first-order chi connectivity index (χ1) is 8.75. The SMILES string of the molecule is Cc1cc(F)ccc1C1NCCc2ccccc21. The first-order valence-corrected chi connectivity index (χ1v) is 6.33. The summed E-state index contributed by atoms with van der Waals surface area (Å²) >= 11 is 0. The van der Waals surface area contributed by atoms with Crippen molar-refractivity contribution in [2.45, 2.75) is 19.4 Å². The third-order valence-electron chi connectivity index (χ3n) is 3.65. The maximum absolute atomic E-state index is 13.2. The Morgan fingerprint density at radius 2 is 1.94 bits per heavy atom. The molecule has 1 unspecified atom stereocenters. The topological polar surface area (TPSA) is 12.0 Å². The Bertz CT molecular complexity index is 577. The minimum atomic E-state index is -0.166. The van der Waals surface area contributed by atoms with Crippen LogP contribution in [-0.2, 0) is 6.42 Å². The Morgan fingerprint density at radius 1 is 1.11 bits per heavy atom. The number of hydrogen-bond donors (Lipinski definition) is 1. The van der Waals surface area contributed by atoms with E-state index in [-0.39, 0.29) is 11.9 Å². The van der Waals surface area contributed by atoms with E-state index >= 15 is 0 Å². The van der Waals surface area contributed by atoms with Crippen LogP contribution >= 0.6 is 0 Å². The summed E-state index contributed by atoms with van der Waals surface area (Å²) in [5.41, 5.74) is 4.89. The van der Waals surface area contributed by atoms with Crippen LogP contribution in [0.3, 0.4) is 0 Å². The van der Waals surface area contributed by atoms with Gasteiger partial charge in [0.15, 0.2) is 0 Å². The summed E-state index contributed by atoms with van der Waals surface area (Å²) in [6.07, 6.45) is 1.06. The maximum Gasteiger partial charge on any atom is 0.123 e. The normalized spacial score (nSPS) is 18.4. The molecule has 0 saturated carbocycles. The molecular formula is C16H16FN. The fourth-order valence-corrected chi connectivity index (χ4v) is 2.75. The van der Waals surface area contributed by atoms with Gasteiger partial charge in [-0.25, -0.2) is 4.39 Å². The molecule has 1 N–H and O–H groups in total. The van der Waals surface area contributed by atoms with Crippen LogP contribution in [0.1, 0.15) is 28.3 Å². The average Bonchev–Trinajstić information content (AvgIpc) is 2.38. The smallest absolute Gasteiger partial charge is 0.123 e. The molecule has 0 bridgehead atoms. The molecule has 2 aromatic carbocycles. The van der Waals surface area contributed by atoms with Gasteiger partial charge >= 0.3 is 0 Å². The van der Waals surface area contributed by atoms with Crippen LogP contribution in [0.25, 0.3) is 0 Å². The van der Waals surface area contributed by atoms with Crippen LogP contribution in [0.4, 0.5) is 4.39 Å². The highest BCUT2D eigenvalue weighted by atomic mass is 19.1. The highest BCUT2D eigenvalue weighted by Crippen LogP contribution is 2.30. The molecule has 0 radical (unpaired) electrons. The van der Waals surface area contributed by atoms with Gasteiger partial charge < -0.3 is 5.32 Å². The molecule has 0 spiro atoms. The van der Waals surface area contributed by atoms with E-state index < -0.39 is 0 Å². The lowest BCUT2D eigenvalue weighted by molar-refractivity contribution is 0.562. The van der Waals surface area contributed by atoms with E-state index in [1.54, 1.807) is 12.1 Å². The molecule has 2 heteroatoms. The molecule has 92 valence electrons. The number of aryl methyl sites for hydroxylation is 1. The first-order valence-electron chi connectivity index (χ1n) is 6.33. The molecule has 1 heterocycles. The molecule has 0 aromatic heterocycles. The largest absolute Gasteiger partial charge is 0.306 e. The quantitative estimate of drug-likeness (QED) is 0.807. The molecule has 0 fully saturated rings. The van der Waals surface area contributed by atoms with Gasteiger partial charge in [-0.2, -0.15) is 0 Å². The van der Waals surface area contributed by atoms with E-state index in [1.165, 1.54) is 16.7 Å². The predicted octanol–water partition coefficient (Wildman–Crippen LogP) is 3.37. The van der Waals surface area contributed by atoms with Gasteiger partial charge in [-0.3, -0.25) is 0 Å². The lowest BCUT2D eigenvalue weighted by atomic mass is 9.88. The minimum absolute atomic E-state index is 0.166. The predicted molar refractivity (Wildman–Crippen MR) is 71.1 cm³/mol. The van der Waals surface area contributed by atoms with Crippen molar-refractivity contribution in [2.24, 2.45) is 0 Å². The second-order valence-electron chi connectivity index (χ2n) is 4.84. The summed E-state index contributed by atoms with van der Waals surface area (Å²) in [5, 5.41) is 3.53. The average molecular weight is 241 g/mol. The monoisotopic (exact) mass is 241 g/mol. The molecule has 18 heavy (non-hydrogen) atoms. The van der Waals surface area contributed by atoms with E-state index in [0.29, 0.717) is 0 Å². The standard InChI is InChI=1S/C16H16FN/c1-11-10-13(17)6-7-14(11)16-15-5-3-2-4-12(15)8-9-18-16/h2-7,10,16,18H,8-9H2,1H3. The number of rotatable bonds is 1. The number of benzene rings is 2. The van der Waals surface area contributed by atoms with Crippen molar-refractivity contribution in [1.29, 1.82) is 0 Å². The van der Waals surface area contributed by atoms with Gasteiger partial charge in [0.25, 0.3) is 0 Å². The Hall–Kier alpha value is -1.67. The van der Waals surface area contributed by atoms with Crippen molar-refractivity contribution < 1.29 is 4.39 Å². The molecular weight excluding hydrogens is 225 g/mol. The minimum Gasteiger partial charge on any atom is -0.306 e. The van der Waals surface area contributed by atoms with Crippen molar-refractivity contribution >= 4 is 0 Å². The zero-order valence-electron chi connectivity index (χ0n) is 10.4. The molecule has 3 rings (SSSR count). The van der Waals surface area contributed by atoms with Crippen molar-refractivity contribution in [3.8, 4) is 0 Å². The van der Waals surface area contributed by atoms with Crippen molar-refractivity contribution in [2.75, 3.05) is 6.54 Å². The van der Waals surface area contributed by atoms with Crippen molar-refractivity contribution in [3.63, 3.8) is 0 Å². The number of halogens is 1. The zero-order chi connectivity index (χ0) is 12.5. The van der Waals surface area contributed by atoms with Gasteiger partial charge in [-0.15, -0.1) is 0 Å². The Morgan fingerprint density at radius 3 is 2.78 bits per heavy atom. The summed E-state index contributed by atoms with van der Waals surface area (Å²) in [6.45, 7) is 2.94. The lowest BCUT2D eigenvalue weighted by Gasteiger charge is -2.28. The fraction of sp³-hybridized carbons (Fsp3) is 0.250. The molecule has 1 atom stereocenters. The molecule has 1 aliphatic rings. The molecule has 1 nitrogen and oxygen atoms in total. The lowest BCUT2D eigenvalue weighted by Crippen LogP contribution is -2.30. The van der Waals surface area contributed by atoms with Crippen LogP contribution in [-0.4, -0.2) is 6.54 Å². The van der Waals surface area contributed by atoms with E-state index in [4.69, 9.17) is 0 Å². The summed E-state index contributed by atoms with van der Waals surface area (Å²) in [6, 6.07) is 13.7. The van der Waals surface area contributed by atoms with Crippen molar-refractivity contribution in [3.05, 3.63) is 70.5 Å². The molecule has 0 saturated heterocycles. The third kappa shape index (κ3) is 1.93. The summed E-state index contributed by atoms with van der Waals surface area (Å²) in [5.74, 6) is -0.166. The van der Waals surface area contributed by atoms with Crippen LogP contribution in [0, 0.1) is 12.7 Å². The van der Waals surface area contributed by atoms with E-state index in [2.05, 4.69) is 29.6 Å². The molecule has 2 aromatic rings. The second kappa shape index (κ2) is 4.54. The van der Waals surface area contributed by atoms with Crippen molar-refractivity contribution in [1.82, 2.24) is 5.32 Å². The fourth-order valence-electron chi connectivity index (χ4n) is 2.75. The third-order valence-corrected chi connectivity index (χ3v) is 3.65. The Balaban J connectivity index is 2.08. The highest BCUT2D eigenvalue weighted by molar-refractivity contribution is 5.42. The summed E-state index contributed by atoms with van der Waals surface area (Å²) < 4.78 is 13.2. The van der Waals surface area contributed by atoms with Gasteiger partial charge in [0.1, 0.15) is 5.82 Å². The molecule has 1 aliphatic heterocycles. The summed E-state index contributed by atoms with van der Waals surface area (Å²) in [7, 11) is 0. The van der Waals surface area contributed by atoms with E-state index in [1.807, 2.05) is 13.0 Å². The van der Waals surface area contributed by atoms with Crippen LogP contribution in [0.15, 0.2) is 42.5 Å². The number of fused-ring (bicyclic) bond motifs is 1. The zero-order valence-corrected chi connectivity index (χ0v) is 10.4. The van der Waals surface area contributed by atoms with Crippen LogP contribution in [0.2, 0.25) is 0 Å². The Kier molecular flexibility index (Phi) is 2.88. The Labute approximate surface area is 107 Å². The summed E-state index contributed by atoms with van der Waals surface area (Å²) in [4.78, 5) is 0. The number of hydrogen-bond acceptors (Lipinski definition) is 1. The van der Waals surface area contributed by atoms with Crippen LogP contribution in [0.5, 0.6) is 0 Å². The van der Waals surface area contributed by atoms with Gasteiger partial charge in [-0.05, 0) is 47.7 Å². The van der Waals surface area contributed by atoms with E-state index in [9.17, 15) is 4.39 Å². The van der Waals surface area contributed by atoms with Gasteiger partial charge in [0.05, 0.1) is 6.04 Å². The first kappa shape index (κ1) is 11.4. The van der Waals surface area contributed by atoms with E-state index in [0.717, 1.165) is 18.5 Å².